The minimum Gasteiger partial charge on any atom is -0.481 e. The van der Waals surface area contributed by atoms with Gasteiger partial charge in [0.2, 0.25) is 5.88 Å². The maximum Gasteiger partial charge on any atom is 0.214 e. The van der Waals surface area contributed by atoms with Crippen molar-refractivity contribution in [2.75, 3.05) is 25.5 Å². The highest BCUT2D eigenvalue weighted by atomic mass is 16.5. The molecule has 1 N–H and O–H groups in total. The second kappa shape index (κ2) is 7.21. The molecule has 0 bridgehead atoms. The topological polar surface area (TPSA) is 37.4 Å². The Morgan fingerprint density at radius 2 is 1.94 bits per heavy atom. The van der Waals surface area contributed by atoms with Crippen LogP contribution in [0.1, 0.15) is 27.7 Å². The Bertz CT molecular complexity index is 345. The quantitative estimate of drug-likeness (QED) is 0.808. The van der Waals surface area contributed by atoms with Gasteiger partial charge in [-0.3, -0.25) is 4.90 Å². The molecule has 0 amide bonds. The number of anilines is 1. The van der Waals surface area contributed by atoms with Gasteiger partial charge in [0.05, 0.1) is 7.11 Å². The van der Waals surface area contributed by atoms with Gasteiger partial charge >= 0.3 is 0 Å². The zero-order valence-electron chi connectivity index (χ0n) is 12.1. The first kappa shape index (κ1) is 14.8. The maximum absolute atomic E-state index is 5.10. The molecule has 4 heteroatoms. The molecule has 1 heterocycles. The summed E-state index contributed by atoms with van der Waals surface area (Å²) in [6, 6.07) is 5.00. The van der Waals surface area contributed by atoms with Crippen molar-refractivity contribution in [3.8, 4) is 5.88 Å². The van der Waals surface area contributed by atoms with Crippen molar-refractivity contribution >= 4 is 5.69 Å². The predicted molar refractivity (Wildman–Crippen MR) is 76.3 cm³/mol. The summed E-state index contributed by atoms with van der Waals surface area (Å²) in [4.78, 5) is 6.55. The van der Waals surface area contributed by atoms with Crippen molar-refractivity contribution in [2.45, 2.75) is 39.8 Å². The molecule has 0 aliphatic rings. The molecule has 1 aromatic rings. The van der Waals surface area contributed by atoms with E-state index in [9.17, 15) is 0 Å². The Hall–Kier alpha value is -1.29. The fourth-order valence-electron chi connectivity index (χ4n) is 2.07. The SMILES string of the molecule is COc1cc(NCCN(C(C)C)C(C)C)ccn1. The Labute approximate surface area is 110 Å². The molecule has 0 aromatic carbocycles. The first-order chi connectivity index (χ1) is 8.54. The number of pyridine rings is 1. The van der Waals surface area contributed by atoms with Crippen LogP contribution in [0.25, 0.3) is 0 Å². The summed E-state index contributed by atoms with van der Waals surface area (Å²) in [5.41, 5.74) is 1.05. The van der Waals surface area contributed by atoms with Gasteiger partial charge in [0, 0.05) is 43.1 Å². The summed E-state index contributed by atoms with van der Waals surface area (Å²) < 4.78 is 5.10. The molecule has 0 aliphatic carbocycles. The van der Waals surface area contributed by atoms with Crippen LogP contribution in [-0.2, 0) is 0 Å². The molecule has 1 rings (SSSR count). The minimum absolute atomic E-state index is 0.568. The number of rotatable bonds is 7. The van der Waals surface area contributed by atoms with Gasteiger partial charge in [-0.25, -0.2) is 4.98 Å². The summed E-state index contributed by atoms with van der Waals surface area (Å²) in [5, 5.41) is 3.40. The van der Waals surface area contributed by atoms with Crippen molar-refractivity contribution in [1.29, 1.82) is 0 Å². The fraction of sp³-hybridized carbons (Fsp3) is 0.643. The molecule has 4 nitrogen and oxygen atoms in total. The highest BCUT2D eigenvalue weighted by Crippen LogP contribution is 2.13. The average molecular weight is 251 g/mol. The molecule has 0 saturated carbocycles. The summed E-state index contributed by atoms with van der Waals surface area (Å²) in [6.45, 7) is 10.9. The van der Waals surface area contributed by atoms with Gasteiger partial charge in [-0.2, -0.15) is 0 Å². The Morgan fingerprint density at radius 1 is 1.28 bits per heavy atom. The van der Waals surface area contributed by atoms with Crippen LogP contribution in [0.15, 0.2) is 18.3 Å². The van der Waals surface area contributed by atoms with Crippen LogP contribution in [-0.4, -0.2) is 42.2 Å². The highest BCUT2D eigenvalue weighted by molar-refractivity contribution is 5.44. The summed E-state index contributed by atoms with van der Waals surface area (Å²) in [7, 11) is 1.63. The van der Waals surface area contributed by atoms with E-state index in [4.69, 9.17) is 4.74 Å². The van der Waals surface area contributed by atoms with E-state index in [1.54, 1.807) is 13.3 Å². The highest BCUT2D eigenvalue weighted by Gasteiger charge is 2.12. The minimum atomic E-state index is 0.568. The lowest BCUT2D eigenvalue weighted by Gasteiger charge is -2.30. The monoisotopic (exact) mass is 251 g/mol. The third kappa shape index (κ3) is 4.53. The molecule has 102 valence electrons. The van der Waals surface area contributed by atoms with Gasteiger partial charge in [0.1, 0.15) is 0 Å². The summed E-state index contributed by atoms with van der Waals surface area (Å²) >= 11 is 0. The van der Waals surface area contributed by atoms with Gasteiger partial charge in [-0.1, -0.05) is 0 Å². The molecule has 18 heavy (non-hydrogen) atoms. The Morgan fingerprint density at radius 3 is 2.50 bits per heavy atom. The molecule has 0 aliphatic heterocycles. The van der Waals surface area contributed by atoms with E-state index < -0.39 is 0 Å². The number of nitrogens with zero attached hydrogens (tertiary/aromatic N) is 2. The van der Waals surface area contributed by atoms with Crippen molar-refractivity contribution < 1.29 is 4.74 Å². The van der Waals surface area contributed by atoms with Gasteiger partial charge < -0.3 is 10.1 Å². The smallest absolute Gasteiger partial charge is 0.214 e. The molecule has 0 saturated heterocycles. The van der Waals surface area contributed by atoms with Crippen LogP contribution in [0.5, 0.6) is 5.88 Å². The second-order valence-electron chi connectivity index (χ2n) is 4.94. The van der Waals surface area contributed by atoms with E-state index in [-0.39, 0.29) is 0 Å². The van der Waals surface area contributed by atoms with Crippen LogP contribution in [0.4, 0.5) is 5.69 Å². The molecule has 0 unspecified atom stereocenters. The number of ether oxygens (including phenoxy) is 1. The number of nitrogens with one attached hydrogen (secondary N) is 1. The first-order valence-electron chi connectivity index (χ1n) is 6.54. The Kier molecular flexibility index (Phi) is 5.92. The van der Waals surface area contributed by atoms with E-state index >= 15 is 0 Å². The molecule has 1 aromatic heterocycles. The fourth-order valence-corrected chi connectivity index (χ4v) is 2.07. The van der Waals surface area contributed by atoms with Gasteiger partial charge in [0.15, 0.2) is 0 Å². The van der Waals surface area contributed by atoms with Crippen LogP contribution in [0.3, 0.4) is 0 Å². The zero-order chi connectivity index (χ0) is 13.5. The van der Waals surface area contributed by atoms with E-state index in [1.165, 1.54) is 0 Å². The Balaban J connectivity index is 2.44. The molecule has 0 radical (unpaired) electrons. The van der Waals surface area contributed by atoms with Gasteiger partial charge in [0.25, 0.3) is 0 Å². The first-order valence-corrected chi connectivity index (χ1v) is 6.54. The van der Waals surface area contributed by atoms with E-state index in [0.29, 0.717) is 18.0 Å². The number of hydrogen-bond donors (Lipinski definition) is 1. The largest absolute Gasteiger partial charge is 0.481 e. The lowest BCUT2D eigenvalue weighted by Crippen LogP contribution is -2.40. The number of aromatic nitrogens is 1. The van der Waals surface area contributed by atoms with Crippen LogP contribution >= 0.6 is 0 Å². The van der Waals surface area contributed by atoms with Crippen LogP contribution < -0.4 is 10.1 Å². The molecular weight excluding hydrogens is 226 g/mol. The van der Waals surface area contributed by atoms with Crippen molar-refractivity contribution in [1.82, 2.24) is 9.88 Å². The molecule has 0 fully saturated rings. The van der Waals surface area contributed by atoms with Gasteiger partial charge in [-0.05, 0) is 33.8 Å². The maximum atomic E-state index is 5.10. The van der Waals surface area contributed by atoms with E-state index in [1.807, 2.05) is 12.1 Å². The van der Waals surface area contributed by atoms with Gasteiger partial charge in [-0.15, -0.1) is 0 Å². The van der Waals surface area contributed by atoms with E-state index in [0.717, 1.165) is 18.8 Å². The molecular formula is C14H25N3O. The third-order valence-electron chi connectivity index (χ3n) is 2.97. The van der Waals surface area contributed by atoms with Crippen LogP contribution in [0, 0.1) is 0 Å². The van der Waals surface area contributed by atoms with Crippen molar-refractivity contribution in [3.05, 3.63) is 18.3 Å². The lowest BCUT2D eigenvalue weighted by atomic mass is 10.2. The normalized spacial score (nSPS) is 11.3. The zero-order valence-corrected chi connectivity index (χ0v) is 12.1. The van der Waals surface area contributed by atoms with E-state index in [2.05, 4.69) is 42.9 Å². The molecule has 0 atom stereocenters. The summed E-state index contributed by atoms with van der Waals surface area (Å²) in [5.74, 6) is 0.643. The molecule has 0 spiro atoms. The van der Waals surface area contributed by atoms with Crippen molar-refractivity contribution in [3.63, 3.8) is 0 Å². The summed E-state index contributed by atoms with van der Waals surface area (Å²) in [6.07, 6.45) is 1.75. The lowest BCUT2D eigenvalue weighted by molar-refractivity contribution is 0.182. The van der Waals surface area contributed by atoms with Crippen molar-refractivity contribution in [2.24, 2.45) is 0 Å². The number of hydrogen-bond acceptors (Lipinski definition) is 4. The van der Waals surface area contributed by atoms with Crippen LogP contribution in [0.2, 0.25) is 0 Å². The predicted octanol–water partition coefficient (Wildman–Crippen LogP) is 2.62. The second-order valence-corrected chi connectivity index (χ2v) is 4.94. The third-order valence-corrected chi connectivity index (χ3v) is 2.97. The standard InChI is InChI=1S/C14H25N3O/c1-11(2)17(12(3)4)9-8-15-13-6-7-16-14(10-13)18-5/h6-7,10-12H,8-9H2,1-5H3,(H,15,16). The number of methoxy groups -OCH3 is 1. The average Bonchev–Trinajstić information content (AvgIpc) is 2.34.